The van der Waals surface area contributed by atoms with E-state index in [2.05, 4.69) is 16.0 Å². The van der Waals surface area contributed by atoms with Crippen LogP contribution in [0.4, 0.5) is 0 Å². The molecule has 0 bridgehead atoms. The second-order valence-corrected chi connectivity index (χ2v) is 6.81. The number of aliphatic carboxylic acids is 1. The van der Waals surface area contributed by atoms with Crippen LogP contribution in [-0.2, 0) is 30.4 Å². The number of carboxylic acid groups (broad SMARTS) is 1. The standard InChI is InChI=1S/C19H27N5O7/c1-10(25)16(24-17(28)12(8-14(21)26)22-15(27)9-20)18(29)23-13(19(30)31)7-11-5-3-2-4-6-11/h2-6,10,12-13,16,25H,7-9,20H2,1H3,(H2,21,26)(H,22,27)(H,23,29)(H,24,28)(H,30,31). The molecule has 31 heavy (non-hydrogen) atoms. The lowest BCUT2D eigenvalue weighted by Gasteiger charge is -2.25. The molecule has 12 nitrogen and oxygen atoms in total. The number of hydrogen-bond donors (Lipinski definition) is 7. The van der Waals surface area contributed by atoms with E-state index in [1.807, 2.05) is 0 Å². The molecule has 0 aromatic heterocycles. The molecule has 0 aliphatic rings. The Morgan fingerprint density at radius 1 is 0.968 bits per heavy atom. The Hall–Kier alpha value is -3.51. The van der Waals surface area contributed by atoms with Gasteiger partial charge in [0, 0.05) is 6.42 Å². The van der Waals surface area contributed by atoms with Crippen molar-refractivity contribution in [3.05, 3.63) is 35.9 Å². The number of carbonyl (C=O) groups excluding carboxylic acids is 4. The third kappa shape index (κ3) is 8.80. The van der Waals surface area contributed by atoms with Gasteiger partial charge in [-0.25, -0.2) is 4.79 Å². The van der Waals surface area contributed by atoms with Crippen molar-refractivity contribution in [3.8, 4) is 0 Å². The molecule has 4 unspecified atom stereocenters. The SMILES string of the molecule is CC(O)C(NC(=O)C(CC(N)=O)NC(=O)CN)C(=O)NC(Cc1ccccc1)C(=O)O. The number of hydrogen-bond acceptors (Lipinski definition) is 7. The zero-order chi connectivity index (χ0) is 23.6. The van der Waals surface area contributed by atoms with E-state index in [-0.39, 0.29) is 6.42 Å². The third-order valence-corrected chi connectivity index (χ3v) is 4.20. The highest BCUT2D eigenvalue weighted by molar-refractivity contribution is 5.95. The van der Waals surface area contributed by atoms with Crippen LogP contribution in [0.5, 0.6) is 0 Å². The van der Waals surface area contributed by atoms with Gasteiger partial charge in [0.15, 0.2) is 0 Å². The third-order valence-electron chi connectivity index (χ3n) is 4.20. The highest BCUT2D eigenvalue weighted by Gasteiger charge is 2.32. The molecule has 0 aliphatic carbocycles. The van der Waals surface area contributed by atoms with Crippen LogP contribution in [0.25, 0.3) is 0 Å². The fourth-order valence-electron chi connectivity index (χ4n) is 2.63. The molecule has 1 rings (SSSR count). The maximum atomic E-state index is 12.6. The molecule has 0 spiro atoms. The van der Waals surface area contributed by atoms with Crippen molar-refractivity contribution in [2.45, 2.75) is 44.0 Å². The van der Waals surface area contributed by atoms with Crippen LogP contribution < -0.4 is 27.4 Å². The highest BCUT2D eigenvalue weighted by atomic mass is 16.4. The summed E-state index contributed by atoms with van der Waals surface area (Å²) >= 11 is 0. The first-order chi connectivity index (χ1) is 14.5. The van der Waals surface area contributed by atoms with E-state index < -0.39 is 66.8 Å². The summed E-state index contributed by atoms with van der Waals surface area (Å²) in [6.07, 6.45) is -2.02. The average Bonchev–Trinajstić information content (AvgIpc) is 2.70. The predicted molar refractivity (Wildman–Crippen MR) is 108 cm³/mol. The lowest BCUT2D eigenvalue weighted by molar-refractivity contribution is -0.143. The molecule has 4 atom stereocenters. The van der Waals surface area contributed by atoms with E-state index in [1.165, 1.54) is 6.92 Å². The Bertz CT molecular complexity index is 800. The molecule has 170 valence electrons. The Labute approximate surface area is 178 Å². The molecule has 1 aromatic carbocycles. The average molecular weight is 437 g/mol. The monoisotopic (exact) mass is 437 g/mol. The molecule has 9 N–H and O–H groups in total. The maximum Gasteiger partial charge on any atom is 0.326 e. The van der Waals surface area contributed by atoms with Crippen LogP contribution >= 0.6 is 0 Å². The number of nitrogens with one attached hydrogen (secondary N) is 3. The number of benzene rings is 1. The van der Waals surface area contributed by atoms with Gasteiger partial charge < -0.3 is 37.6 Å². The Kier molecular flexibility index (Phi) is 10.1. The minimum atomic E-state index is -1.56. The highest BCUT2D eigenvalue weighted by Crippen LogP contribution is 2.05. The van der Waals surface area contributed by atoms with Crippen molar-refractivity contribution >= 4 is 29.6 Å². The quantitative estimate of drug-likeness (QED) is 0.178. The van der Waals surface area contributed by atoms with Gasteiger partial charge in [-0.2, -0.15) is 0 Å². The molecule has 0 heterocycles. The van der Waals surface area contributed by atoms with Crippen LogP contribution in [0.15, 0.2) is 30.3 Å². The number of amides is 4. The van der Waals surface area contributed by atoms with E-state index in [0.717, 1.165) is 0 Å². The summed E-state index contributed by atoms with van der Waals surface area (Å²) in [7, 11) is 0. The van der Waals surface area contributed by atoms with Gasteiger partial charge in [0.25, 0.3) is 0 Å². The van der Waals surface area contributed by atoms with E-state index >= 15 is 0 Å². The maximum absolute atomic E-state index is 12.6. The molecule has 0 saturated carbocycles. The van der Waals surface area contributed by atoms with Crippen molar-refractivity contribution in [2.24, 2.45) is 11.5 Å². The second-order valence-electron chi connectivity index (χ2n) is 6.81. The van der Waals surface area contributed by atoms with Crippen molar-refractivity contribution in [2.75, 3.05) is 6.54 Å². The molecule has 4 amide bonds. The van der Waals surface area contributed by atoms with Gasteiger partial charge in [-0.3, -0.25) is 19.2 Å². The molecule has 0 saturated heterocycles. The number of aliphatic hydroxyl groups excluding tert-OH is 1. The second kappa shape index (κ2) is 12.2. The van der Waals surface area contributed by atoms with Gasteiger partial charge in [-0.05, 0) is 12.5 Å². The summed E-state index contributed by atoms with van der Waals surface area (Å²) in [5, 5.41) is 26.0. The van der Waals surface area contributed by atoms with E-state index in [4.69, 9.17) is 11.5 Å². The van der Waals surface area contributed by atoms with Crippen molar-refractivity contribution in [1.29, 1.82) is 0 Å². The minimum Gasteiger partial charge on any atom is -0.480 e. The normalized spacial score (nSPS) is 14.4. The van der Waals surface area contributed by atoms with Crippen LogP contribution in [-0.4, -0.2) is 70.6 Å². The molecular formula is C19H27N5O7. The molecule has 0 fully saturated rings. The Balaban J connectivity index is 2.93. The van der Waals surface area contributed by atoms with Gasteiger partial charge in [0.1, 0.15) is 18.1 Å². The molecule has 0 aliphatic heterocycles. The first-order valence-corrected chi connectivity index (χ1v) is 9.38. The largest absolute Gasteiger partial charge is 0.480 e. The fourth-order valence-corrected chi connectivity index (χ4v) is 2.63. The van der Waals surface area contributed by atoms with Crippen LogP contribution in [0.1, 0.15) is 18.9 Å². The van der Waals surface area contributed by atoms with Gasteiger partial charge in [-0.1, -0.05) is 30.3 Å². The molecule has 12 heteroatoms. The summed E-state index contributed by atoms with van der Waals surface area (Å²) < 4.78 is 0. The van der Waals surface area contributed by atoms with Gasteiger partial charge in [0.2, 0.25) is 23.6 Å². The first kappa shape index (κ1) is 25.5. The number of primary amides is 1. The lowest BCUT2D eigenvalue weighted by Crippen LogP contribution is -2.59. The van der Waals surface area contributed by atoms with E-state index in [1.54, 1.807) is 30.3 Å². The van der Waals surface area contributed by atoms with Crippen LogP contribution in [0, 0.1) is 0 Å². The number of aliphatic hydroxyl groups is 1. The summed E-state index contributed by atoms with van der Waals surface area (Å²) in [5.74, 6) is -4.89. The van der Waals surface area contributed by atoms with Crippen molar-refractivity contribution in [3.63, 3.8) is 0 Å². The Morgan fingerprint density at radius 2 is 1.58 bits per heavy atom. The number of carboxylic acids is 1. The zero-order valence-electron chi connectivity index (χ0n) is 16.9. The van der Waals surface area contributed by atoms with E-state index in [0.29, 0.717) is 5.56 Å². The molecule has 0 radical (unpaired) electrons. The predicted octanol–water partition coefficient (Wildman–Crippen LogP) is -3.02. The minimum absolute atomic E-state index is 0.0285. The topological polar surface area (TPSA) is 214 Å². The zero-order valence-corrected chi connectivity index (χ0v) is 16.9. The van der Waals surface area contributed by atoms with E-state index in [9.17, 15) is 34.2 Å². The van der Waals surface area contributed by atoms with Gasteiger partial charge in [-0.15, -0.1) is 0 Å². The number of nitrogens with two attached hydrogens (primary N) is 2. The Morgan fingerprint density at radius 3 is 2.06 bits per heavy atom. The summed E-state index contributed by atoms with van der Waals surface area (Å²) in [6, 6.07) is 4.23. The molecular weight excluding hydrogens is 410 g/mol. The number of carbonyl (C=O) groups is 5. The van der Waals surface area contributed by atoms with Crippen LogP contribution in [0.2, 0.25) is 0 Å². The van der Waals surface area contributed by atoms with Gasteiger partial charge >= 0.3 is 5.97 Å². The summed E-state index contributed by atoms with van der Waals surface area (Å²) in [4.78, 5) is 59.3. The summed E-state index contributed by atoms with van der Waals surface area (Å²) in [5.41, 5.74) is 10.9. The first-order valence-electron chi connectivity index (χ1n) is 9.38. The lowest BCUT2D eigenvalue weighted by atomic mass is 10.0. The fraction of sp³-hybridized carbons (Fsp3) is 0.421. The summed E-state index contributed by atoms with van der Waals surface area (Å²) in [6.45, 7) is 0.752. The smallest absolute Gasteiger partial charge is 0.326 e. The molecule has 1 aromatic rings. The van der Waals surface area contributed by atoms with Crippen LogP contribution in [0.3, 0.4) is 0 Å². The van der Waals surface area contributed by atoms with Gasteiger partial charge in [0.05, 0.1) is 19.1 Å². The van der Waals surface area contributed by atoms with Crippen molar-refractivity contribution in [1.82, 2.24) is 16.0 Å². The van der Waals surface area contributed by atoms with Crippen molar-refractivity contribution < 1.29 is 34.2 Å². The number of rotatable bonds is 12.